The van der Waals surface area contributed by atoms with Crippen molar-refractivity contribution in [3.05, 3.63) is 58.2 Å². The first-order valence-electron chi connectivity index (χ1n) is 12.5. The first-order valence-corrected chi connectivity index (χ1v) is 12.5. The highest BCUT2D eigenvalue weighted by molar-refractivity contribution is 5.86. The molecule has 0 bridgehead atoms. The molecule has 13 heteroatoms. The maximum Gasteiger partial charge on any atom is 0.297 e. The number of halogens is 1. The molecule has 4 heterocycles. The molecule has 2 unspecified atom stereocenters. The first-order chi connectivity index (χ1) is 18.4. The molecule has 12 nitrogen and oxygen atoms in total. The number of aromatic amines is 1. The summed E-state index contributed by atoms with van der Waals surface area (Å²) in [5, 5.41) is 14.8. The van der Waals surface area contributed by atoms with Gasteiger partial charge in [-0.2, -0.15) is 9.97 Å². The molecule has 0 radical (unpaired) electrons. The zero-order valence-corrected chi connectivity index (χ0v) is 21.1. The number of allylic oxidation sites excluding steroid dienone is 2. The third-order valence-electron chi connectivity index (χ3n) is 7.11. The summed E-state index contributed by atoms with van der Waals surface area (Å²) in [6.45, 7) is 5.35. The largest absolute Gasteiger partial charge is 0.378 e. The summed E-state index contributed by atoms with van der Waals surface area (Å²) in [5.74, 6) is 2.28. The molecule has 2 atom stereocenters. The van der Waals surface area contributed by atoms with E-state index in [0.29, 0.717) is 61.6 Å². The Balaban J connectivity index is 1.37. The van der Waals surface area contributed by atoms with Gasteiger partial charge in [0.1, 0.15) is 17.3 Å². The number of aromatic nitrogens is 4. The van der Waals surface area contributed by atoms with E-state index in [2.05, 4.69) is 32.0 Å². The van der Waals surface area contributed by atoms with Crippen molar-refractivity contribution in [2.75, 3.05) is 60.0 Å². The second kappa shape index (κ2) is 9.56. The van der Waals surface area contributed by atoms with Gasteiger partial charge in [-0.25, -0.2) is 9.37 Å². The summed E-state index contributed by atoms with van der Waals surface area (Å²) in [4.78, 5) is 34.7. The van der Waals surface area contributed by atoms with E-state index in [0.717, 1.165) is 11.5 Å². The third kappa shape index (κ3) is 4.28. The minimum atomic E-state index is -0.436. The highest BCUT2D eigenvalue weighted by Crippen LogP contribution is 2.43. The molecule has 2 aromatic heterocycles. The van der Waals surface area contributed by atoms with Gasteiger partial charge >= 0.3 is 0 Å². The van der Waals surface area contributed by atoms with Crippen molar-refractivity contribution in [2.45, 2.75) is 19.5 Å². The topological polar surface area (TPSA) is 129 Å². The van der Waals surface area contributed by atoms with Crippen LogP contribution < -0.4 is 20.0 Å². The number of fused-ring (bicyclic) bond motifs is 2. The van der Waals surface area contributed by atoms with Gasteiger partial charge in [0.05, 0.1) is 42.9 Å². The number of para-hydroxylation sites is 1. The number of rotatable bonds is 6. The van der Waals surface area contributed by atoms with Crippen LogP contribution in [0.4, 0.5) is 33.3 Å². The van der Waals surface area contributed by atoms with Crippen LogP contribution in [0.3, 0.4) is 0 Å². The zero-order chi connectivity index (χ0) is 26.4. The lowest BCUT2D eigenvalue weighted by Crippen LogP contribution is -2.41. The minimum Gasteiger partial charge on any atom is -0.378 e. The number of ether oxygens (including phenoxy) is 1. The van der Waals surface area contributed by atoms with Crippen molar-refractivity contribution in [1.29, 1.82) is 0 Å². The molecule has 1 saturated heterocycles. The van der Waals surface area contributed by atoms with Gasteiger partial charge in [0.15, 0.2) is 17.2 Å². The van der Waals surface area contributed by atoms with E-state index in [1.807, 2.05) is 18.0 Å². The van der Waals surface area contributed by atoms with Gasteiger partial charge < -0.3 is 29.7 Å². The number of H-pyrrole nitrogens is 1. The van der Waals surface area contributed by atoms with Crippen molar-refractivity contribution in [2.24, 2.45) is 5.92 Å². The lowest BCUT2D eigenvalue weighted by molar-refractivity contribution is -0.383. The predicted octanol–water partition coefficient (Wildman–Crippen LogP) is 3.35. The highest BCUT2D eigenvalue weighted by Gasteiger charge is 2.36. The molecular formula is C25H28FN9O3. The zero-order valence-electron chi connectivity index (χ0n) is 21.1. The quantitative estimate of drug-likeness (QED) is 0.368. The van der Waals surface area contributed by atoms with Crippen molar-refractivity contribution in [3.63, 3.8) is 0 Å². The van der Waals surface area contributed by atoms with Crippen molar-refractivity contribution in [3.8, 4) is 0 Å². The highest BCUT2D eigenvalue weighted by atomic mass is 19.1. The first kappa shape index (κ1) is 24.1. The number of hydrogen-bond donors (Lipinski definition) is 2. The van der Waals surface area contributed by atoms with Gasteiger partial charge in [-0.1, -0.05) is 19.1 Å². The van der Waals surface area contributed by atoms with Crippen molar-refractivity contribution < 1.29 is 14.1 Å². The summed E-state index contributed by atoms with van der Waals surface area (Å²) in [6, 6.07) is 4.63. The molecule has 198 valence electrons. The number of nitrogens with one attached hydrogen (secondary N) is 2. The molecule has 2 N–H and O–H groups in total. The van der Waals surface area contributed by atoms with Crippen LogP contribution in [-0.4, -0.2) is 70.9 Å². The summed E-state index contributed by atoms with van der Waals surface area (Å²) in [6.07, 6.45) is 5.02. The Morgan fingerprint density at radius 3 is 2.87 bits per heavy atom. The molecule has 38 heavy (non-hydrogen) atoms. The van der Waals surface area contributed by atoms with Crippen LogP contribution in [-0.2, 0) is 11.3 Å². The van der Waals surface area contributed by atoms with E-state index in [1.54, 1.807) is 18.2 Å². The van der Waals surface area contributed by atoms with Gasteiger partial charge in [0.25, 0.3) is 5.69 Å². The van der Waals surface area contributed by atoms with E-state index in [4.69, 9.17) is 14.7 Å². The lowest BCUT2D eigenvalue weighted by atomic mass is 9.95. The van der Waals surface area contributed by atoms with Gasteiger partial charge in [-0.3, -0.25) is 10.1 Å². The van der Waals surface area contributed by atoms with Crippen LogP contribution in [0, 0.1) is 16.0 Å². The number of non-ortho nitro benzene ring substituents is 1. The third-order valence-corrected chi connectivity index (χ3v) is 7.11. The standard InChI is InChI=1S/C25H28FN9O3/c1-15-6-7-16(26)12-19(15)34-14-32(2)22-23(30-25(31-24(22)34)33-8-10-38-11-9-33)27-13-20-28-17-4-3-5-18(35(36)37)21(17)29-20/h3-7,12,15,19H,8-11,13-14H2,1-2H3,(H,28,29)(H,27,30,31). The summed E-state index contributed by atoms with van der Waals surface area (Å²) >= 11 is 0. The fraction of sp³-hybridized carbons (Fsp3) is 0.400. The number of nitro benzene ring substituents is 1. The van der Waals surface area contributed by atoms with E-state index < -0.39 is 4.92 Å². The Kier molecular flexibility index (Phi) is 6.06. The molecule has 1 aliphatic carbocycles. The molecule has 3 aromatic rings. The van der Waals surface area contributed by atoms with Crippen LogP contribution in [0.2, 0.25) is 0 Å². The Bertz CT molecular complexity index is 1450. The fourth-order valence-electron chi connectivity index (χ4n) is 5.18. The fourth-order valence-corrected chi connectivity index (χ4v) is 5.18. The maximum atomic E-state index is 14.3. The van der Waals surface area contributed by atoms with Gasteiger partial charge in [0, 0.05) is 26.2 Å². The van der Waals surface area contributed by atoms with E-state index in [1.165, 1.54) is 12.1 Å². The van der Waals surface area contributed by atoms with Crippen LogP contribution in [0.1, 0.15) is 12.7 Å². The molecule has 0 amide bonds. The van der Waals surface area contributed by atoms with E-state index >= 15 is 0 Å². The van der Waals surface area contributed by atoms with Crippen LogP contribution >= 0.6 is 0 Å². The number of morpholine rings is 1. The Morgan fingerprint density at radius 1 is 1.26 bits per heavy atom. The molecule has 1 fully saturated rings. The maximum absolute atomic E-state index is 14.3. The van der Waals surface area contributed by atoms with Gasteiger partial charge in [-0.15, -0.1) is 0 Å². The Hall–Kier alpha value is -4.26. The minimum absolute atomic E-state index is 0.0474. The van der Waals surface area contributed by atoms with Crippen molar-refractivity contribution >= 4 is 40.0 Å². The van der Waals surface area contributed by atoms with Crippen LogP contribution in [0.5, 0.6) is 0 Å². The molecule has 2 aliphatic heterocycles. The number of nitrogens with zero attached hydrogens (tertiary/aromatic N) is 7. The number of anilines is 4. The average Bonchev–Trinajstić information content (AvgIpc) is 3.49. The number of imidazole rings is 1. The monoisotopic (exact) mass is 521 g/mol. The number of hydrogen-bond acceptors (Lipinski definition) is 10. The van der Waals surface area contributed by atoms with E-state index in [9.17, 15) is 14.5 Å². The number of nitro groups is 1. The van der Waals surface area contributed by atoms with E-state index in [-0.39, 0.29) is 30.0 Å². The smallest absolute Gasteiger partial charge is 0.297 e. The SMILES string of the molecule is CC1C=CC(F)=CC1N1CN(C)c2c(NCc3nc4c([N+](=O)[O-])cccc4[nH]3)nc(N3CCOCC3)nc21. The van der Waals surface area contributed by atoms with Gasteiger partial charge in [-0.05, 0) is 24.1 Å². The summed E-state index contributed by atoms with van der Waals surface area (Å²) in [7, 11) is 1.95. The predicted molar refractivity (Wildman–Crippen MR) is 142 cm³/mol. The van der Waals surface area contributed by atoms with Crippen molar-refractivity contribution in [1.82, 2.24) is 19.9 Å². The Labute approximate surface area is 218 Å². The second-order valence-electron chi connectivity index (χ2n) is 9.68. The van der Waals surface area contributed by atoms with Gasteiger partial charge in [0.2, 0.25) is 5.95 Å². The average molecular weight is 522 g/mol. The second-order valence-corrected chi connectivity index (χ2v) is 9.68. The van der Waals surface area contributed by atoms with Crippen LogP contribution in [0.25, 0.3) is 11.0 Å². The molecule has 0 spiro atoms. The molecule has 6 rings (SSSR count). The summed E-state index contributed by atoms with van der Waals surface area (Å²) < 4.78 is 19.8. The molecule has 3 aliphatic rings. The molecular weight excluding hydrogens is 493 g/mol. The summed E-state index contributed by atoms with van der Waals surface area (Å²) in [5.41, 5.74) is 1.66. The normalized spacial score (nSPS) is 21.1. The van der Waals surface area contributed by atoms with Crippen LogP contribution in [0.15, 0.2) is 42.3 Å². The number of benzene rings is 1. The molecule has 0 saturated carbocycles. The molecule has 1 aromatic carbocycles. The lowest BCUT2D eigenvalue weighted by Gasteiger charge is -2.32. The Morgan fingerprint density at radius 2 is 2.08 bits per heavy atom.